The maximum atomic E-state index is 13.4. The molecule has 1 aliphatic heterocycles. The molecule has 5 nitrogen and oxygen atoms in total. The van der Waals surface area contributed by atoms with Crippen LogP contribution in [0.1, 0.15) is 26.5 Å². The van der Waals surface area contributed by atoms with Gasteiger partial charge in [0.2, 0.25) is 5.91 Å². The highest BCUT2D eigenvalue weighted by atomic mass is 32.1. The second-order valence-corrected chi connectivity index (χ2v) is 8.09. The van der Waals surface area contributed by atoms with Crippen molar-refractivity contribution in [2.45, 2.75) is 13.3 Å². The number of carbonyl (C=O) groups is 2. The molecule has 2 aromatic heterocycles. The molecule has 144 valence electrons. The zero-order valence-electron chi connectivity index (χ0n) is 15.4. The number of fused-ring (bicyclic) bond motifs is 1. The number of thiophene rings is 1. The van der Waals surface area contributed by atoms with E-state index in [1.807, 2.05) is 25.3 Å². The van der Waals surface area contributed by atoms with Gasteiger partial charge in [0, 0.05) is 40.6 Å². The Morgan fingerprint density at radius 3 is 2.86 bits per heavy atom. The van der Waals surface area contributed by atoms with Crippen LogP contribution in [0.15, 0.2) is 42.6 Å². The van der Waals surface area contributed by atoms with Gasteiger partial charge >= 0.3 is 0 Å². The van der Waals surface area contributed by atoms with Crippen LogP contribution in [0.4, 0.5) is 4.39 Å². The second kappa shape index (κ2) is 7.59. The molecule has 0 saturated heterocycles. The van der Waals surface area contributed by atoms with Crippen molar-refractivity contribution in [3.8, 4) is 0 Å². The van der Waals surface area contributed by atoms with Crippen molar-refractivity contribution < 1.29 is 14.0 Å². The molecule has 2 N–H and O–H groups in total. The lowest BCUT2D eigenvalue weighted by molar-refractivity contribution is -0.129. The molecule has 7 heteroatoms. The molecule has 28 heavy (non-hydrogen) atoms. The van der Waals surface area contributed by atoms with Crippen molar-refractivity contribution in [1.82, 2.24) is 15.2 Å². The average molecular weight is 397 g/mol. The molecule has 3 heterocycles. The van der Waals surface area contributed by atoms with Crippen LogP contribution in [0.5, 0.6) is 0 Å². The Morgan fingerprint density at radius 2 is 2.14 bits per heavy atom. The summed E-state index contributed by atoms with van der Waals surface area (Å²) in [6.07, 6.45) is 4.63. The van der Waals surface area contributed by atoms with E-state index >= 15 is 0 Å². The maximum Gasteiger partial charge on any atom is 0.261 e. The van der Waals surface area contributed by atoms with Crippen molar-refractivity contribution in [3.05, 3.63) is 63.7 Å². The fourth-order valence-corrected chi connectivity index (χ4v) is 4.20. The monoisotopic (exact) mass is 397 g/mol. The summed E-state index contributed by atoms with van der Waals surface area (Å²) in [5.74, 6) is -0.585. The van der Waals surface area contributed by atoms with Crippen molar-refractivity contribution in [2.75, 3.05) is 19.6 Å². The van der Waals surface area contributed by atoms with Gasteiger partial charge in [-0.3, -0.25) is 9.59 Å². The summed E-state index contributed by atoms with van der Waals surface area (Å²) in [7, 11) is 0. The number of halogens is 1. The number of benzene rings is 1. The Hall–Kier alpha value is -2.93. The van der Waals surface area contributed by atoms with Gasteiger partial charge in [0.25, 0.3) is 5.91 Å². The fraction of sp³-hybridized carbons (Fsp3) is 0.238. The van der Waals surface area contributed by atoms with Gasteiger partial charge < -0.3 is 15.2 Å². The molecule has 3 aromatic rings. The number of nitrogens with zero attached hydrogens (tertiary/aromatic N) is 1. The minimum atomic E-state index is -0.268. The first-order valence-corrected chi connectivity index (χ1v) is 9.91. The minimum Gasteiger partial charge on any atom is -0.360 e. The standard InChI is InChI=1S/C21H20FN3O2S/c1-13-2-5-19(28-13)21(27)24-12-20(26)25-8-6-14(7-9-25)17-11-23-18-10-15(22)3-4-16(17)18/h2-6,10-11,23H,7-9,12H2,1H3,(H,24,27). The van der Waals surface area contributed by atoms with E-state index in [4.69, 9.17) is 0 Å². The molecule has 0 bridgehead atoms. The number of aromatic amines is 1. The van der Waals surface area contributed by atoms with Crippen LogP contribution in [0.2, 0.25) is 0 Å². The Kier molecular flexibility index (Phi) is 5.00. The first-order chi connectivity index (χ1) is 13.5. The summed E-state index contributed by atoms with van der Waals surface area (Å²) in [6.45, 7) is 3.02. The molecule has 4 rings (SSSR count). The Labute approximate surface area is 165 Å². The highest BCUT2D eigenvalue weighted by Gasteiger charge is 2.20. The third kappa shape index (κ3) is 3.71. The van der Waals surface area contributed by atoms with Gasteiger partial charge in [-0.25, -0.2) is 4.39 Å². The lowest BCUT2D eigenvalue weighted by Gasteiger charge is -2.26. The summed E-state index contributed by atoms with van der Waals surface area (Å²) in [4.78, 5) is 31.0. The molecule has 0 spiro atoms. The van der Waals surface area contributed by atoms with E-state index in [2.05, 4.69) is 10.3 Å². The molecule has 0 radical (unpaired) electrons. The van der Waals surface area contributed by atoms with Crippen molar-refractivity contribution in [2.24, 2.45) is 0 Å². The van der Waals surface area contributed by atoms with Crippen LogP contribution in [0, 0.1) is 12.7 Å². The third-order valence-electron chi connectivity index (χ3n) is 4.92. The molecule has 0 atom stereocenters. The molecule has 0 aliphatic carbocycles. The number of H-pyrrole nitrogens is 1. The predicted octanol–water partition coefficient (Wildman–Crippen LogP) is 3.72. The molecule has 0 saturated carbocycles. The van der Waals surface area contributed by atoms with Gasteiger partial charge in [-0.15, -0.1) is 11.3 Å². The van der Waals surface area contributed by atoms with E-state index < -0.39 is 0 Å². The maximum absolute atomic E-state index is 13.4. The molecule has 0 unspecified atom stereocenters. The Bertz CT molecular complexity index is 1080. The zero-order chi connectivity index (χ0) is 19.7. The highest BCUT2D eigenvalue weighted by Crippen LogP contribution is 2.29. The van der Waals surface area contributed by atoms with E-state index in [0.717, 1.165) is 26.9 Å². The van der Waals surface area contributed by atoms with Gasteiger partial charge in [0.05, 0.1) is 11.4 Å². The number of rotatable bonds is 4. The number of amides is 2. The molecule has 0 fully saturated rings. The number of hydrogen-bond donors (Lipinski definition) is 2. The number of nitrogens with one attached hydrogen (secondary N) is 2. The number of aromatic nitrogens is 1. The van der Waals surface area contributed by atoms with Crippen molar-refractivity contribution in [3.63, 3.8) is 0 Å². The van der Waals surface area contributed by atoms with Gasteiger partial charge in [-0.05, 0) is 49.2 Å². The van der Waals surface area contributed by atoms with E-state index in [9.17, 15) is 14.0 Å². The number of aryl methyl sites for hydroxylation is 1. The normalized spacial score (nSPS) is 14.2. The third-order valence-corrected chi connectivity index (χ3v) is 5.92. The number of carbonyl (C=O) groups excluding carboxylic acids is 2. The average Bonchev–Trinajstić information content (AvgIpc) is 3.32. The minimum absolute atomic E-state index is 0.00861. The SMILES string of the molecule is Cc1ccc(C(=O)NCC(=O)N2CC=C(c3c[nH]c4cc(F)ccc34)CC2)s1. The largest absolute Gasteiger partial charge is 0.360 e. The second-order valence-electron chi connectivity index (χ2n) is 6.80. The van der Waals surface area contributed by atoms with Crippen molar-refractivity contribution >= 4 is 39.6 Å². The van der Waals surface area contributed by atoms with E-state index in [1.54, 1.807) is 17.0 Å². The van der Waals surface area contributed by atoms with Crippen LogP contribution in [0.25, 0.3) is 16.5 Å². The highest BCUT2D eigenvalue weighted by molar-refractivity contribution is 7.13. The zero-order valence-corrected chi connectivity index (χ0v) is 16.2. The molecule has 1 aliphatic rings. The van der Waals surface area contributed by atoms with Crippen LogP contribution < -0.4 is 5.32 Å². The van der Waals surface area contributed by atoms with E-state index in [1.165, 1.54) is 23.5 Å². The number of hydrogen-bond acceptors (Lipinski definition) is 3. The lowest BCUT2D eigenvalue weighted by Crippen LogP contribution is -2.41. The van der Waals surface area contributed by atoms with Gasteiger partial charge in [-0.2, -0.15) is 0 Å². The molecule has 1 aromatic carbocycles. The van der Waals surface area contributed by atoms with E-state index in [0.29, 0.717) is 24.4 Å². The summed E-state index contributed by atoms with van der Waals surface area (Å²) in [5, 5.41) is 3.67. The Morgan fingerprint density at radius 1 is 1.29 bits per heavy atom. The summed E-state index contributed by atoms with van der Waals surface area (Å²) in [5.41, 5.74) is 2.95. The molecular weight excluding hydrogens is 377 g/mol. The Balaban J connectivity index is 1.37. The van der Waals surface area contributed by atoms with Crippen LogP contribution >= 0.6 is 11.3 Å². The van der Waals surface area contributed by atoms with Crippen LogP contribution in [0.3, 0.4) is 0 Å². The smallest absolute Gasteiger partial charge is 0.261 e. The fourth-order valence-electron chi connectivity index (χ4n) is 3.42. The summed E-state index contributed by atoms with van der Waals surface area (Å²) < 4.78 is 13.4. The van der Waals surface area contributed by atoms with Crippen LogP contribution in [-0.4, -0.2) is 41.3 Å². The summed E-state index contributed by atoms with van der Waals surface area (Å²) >= 11 is 1.41. The molecule has 2 amide bonds. The predicted molar refractivity (Wildman–Crippen MR) is 109 cm³/mol. The first-order valence-electron chi connectivity index (χ1n) is 9.10. The van der Waals surface area contributed by atoms with Crippen molar-refractivity contribution in [1.29, 1.82) is 0 Å². The quantitative estimate of drug-likeness (QED) is 0.705. The van der Waals surface area contributed by atoms with E-state index in [-0.39, 0.29) is 24.2 Å². The van der Waals surface area contributed by atoms with Gasteiger partial charge in [0.15, 0.2) is 0 Å². The topological polar surface area (TPSA) is 65.2 Å². The van der Waals surface area contributed by atoms with Gasteiger partial charge in [0.1, 0.15) is 5.82 Å². The lowest BCUT2D eigenvalue weighted by atomic mass is 9.99. The van der Waals surface area contributed by atoms with Crippen LogP contribution in [-0.2, 0) is 4.79 Å². The first kappa shape index (κ1) is 18.4. The summed E-state index contributed by atoms with van der Waals surface area (Å²) in [6, 6.07) is 8.36. The molecular formula is C21H20FN3O2S. The van der Waals surface area contributed by atoms with Gasteiger partial charge in [-0.1, -0.05) is 6.08 Å².